The van der Waals surface area contributed by atoms with E-state index in [9.17, 15) is 9.50 Å². The summed E-state index contributed by atoms with van der Waals surface area (Å²) in [5.41, 5.74) is 2.96. The molecule has 0 aromatic heterocycles. The molecule has 140 valence electrons. The number of ether oxygens (including phenoxy) is 1. The summed E-state index contributed by atoms with van der Waals surface area (Å²) in [7, 11) is 0. The lowest BCUT2D eigenvalue weighted by Crippen LogP contribution is -2.49. The van der Waals surface area contributed by atoms with Crippen LogP contribution in [-0.4, -0.2) is 55.4 Å². The van der Waals surface area contributed by atoms with Crippen molar-refractivity contribution >= 4 is 5.69 Å². The summed E-state index contributed by atoms with van der Waals surface area (Å²) in [5, 5.41) is 10.3. The number of hydrogen-bond acceptors (Lipinski definition) is 4. The van der Waals surface area contributed by atoms with Crippen LogP contribution in [-0.2, 0) is 0 Å². The van der Waals surface area contributed by atoms with Gasteiger partial charge >= 0.3 is 0 Å². The first-order valence-electron chi connectivity index (χ1n) is 9.12. The number of β-amino-alcohol motifs (C(OH)–C–C–N with tert-alkyl or cyclic N) is 1. The molecule has 4 nitrogen and oxygen atoms in total. The molecule has 5 heteroatoms. The van der Waals surface area contributed by atoms with Crippen molar-refractivity contribution in [3.63, 3.8) is 0 Å². The lowest BCUT2D eigenvalue weighted by Gasteiger charge is -2.36. The van der Waals surface area contributed by atoms with E-state index in [0.717, 1.165) is 43.1 Å². The Morgan fingerprint density at radius 2 is 1.69 bits per heavy atom. The molecule has 1 aliphatic heterocycles. The molecule has 0 radical (unpaired) electrons. The molecule has 1 aliphatic rings. The minimum Gasteiger partial charge on any atom is -0.491 e. The van der Waals surface area contributed by atoms with E-state index in [1.165, 1.54) is 6.07 Å². The summed E-state index contributed by atoms with van der Waals surface area (Å²) in [6.07, 6.45) is -0.546. The summed E-state index contributed by atoms with van der Waals surface area (Å²) in [4.78, 5) is 4.26. The largest absolute Gasteiger partial charge is 0.491 e. The van der Waals surface area contributed by atoms with Crippen LogP contribution in [0.25, 0.3) is 0 Å². The van der Waals surface area contributed by atoms with E-state index in [2.05, 4.69) is 15.9 Å². The van der Waals surface area contributed by atoms with Crippen molar-refractivity contribution in [3.05, 3.63) is 59.4 Å². The number of nitrogens with zero attached hydrogens (tertiary/aromatic N) is 2. The minimum absolute atomic E-state index is 0.178. The van der Waals surface area contributed by atoms with Crippen molar-refractivity contribution in [2.75, 3.05) is 44.2 Å². The number of benzene rings is 2. The molecule has 1 saturated heterocycles. The maximum absolute atomic E-state index is 13.9. The molecule has 1 N–H and O–H groups in total. The lowest BCUT2D eigenvalue weighted by atomic mass is 10.1. The minimum atomic E-state index is -0.546. The maximum atomic E-state index is 13.9. The second-order valence-corrected chi connectivity index (χ2v) is 7.03. The monoisotopic (exact) mass is 358 g/mol. The van der Waals surface area contributed by atoms with E-state index in [0.29, 0.717) is 12.2 Å². The highest BCUT2D eigenvalue weighted by Gasteiger charge is 2.21. The van der Waals surface area contributed by atoms with Crippen LogP contribution in [0.4, 0.5) is 10.1 Å². The van der Waals surface area contributed by atoms with Gasteiger partial charge in [0.1, 0.15) is 24.3 Å². The average molecular weight is 358 g/mol. The first-order chi connectivity index (χ1) is 12.5. The van der Waals surface area contributed by atoms with E-state index in [1.807, 2.05) is 38.1 Å². The Kier molecular flexibility index (Phi) is 6.12. The topological polar surface area (TPSA) is 35.9 Å². The Morgan fingerprint density at radius 1 is 1.04 bits per heavy atom. The van der Waals surface area contributed by atoms with Gasteiger partial charge in [-0.2, -0.15) is 0 Å². The van der Waals surface area contributed by atoms with Crippen molar-refractivity contribution in [2.45, 2.75) is 20.0 Å². The number of anilines is 1. The maximum Gasteiger partial charge on any atom is 0.146 e. The molecule has 26 heavy (non-hydrogen) atoms. The van der Waals surface area contributed by atoms with Crippen LogP contribution >= 0.6 is 0 Å². The van der Waals surface area contributed by atoms with Crippen LogP contribution in [0.15, 0.2) is 42.5 Å². The zero-order chi connectivity index (χ0) is 18.5. The fourth-order valence-corrected chi connectivity index (χ4v) is 3.44. The van der Waals surface area contributed by atoms with Gasteiger partial charge < -0.3 is 14.7 Å². The molecule has 2 aromatic rings. The zero-order valence-corrected chi connectivity index (χ0v) is 15.5. The van der Waals surface area contributed by atoms with Gasteiger partial charge in [-0.25, -0.2) is 4.39 Å². The van der Waals surface area contributed by atoms with Gasteiger partial charge in [-0.1, -0.05) is 18.2 Å². The molecule has 1 heterocycles. The molecule has 0 unspecified atom stereocenters. The summed E-state index contributed by atoms with van der Waals surface area (Å²) in [5.74, 6) is 0.619. The van der Waals surface area contributed by atoms with Crippen molar-refractivity contribution in [2.24, 2.45) is 0 Å². The van der Waals surface area contributed by atoms with E-state index in [4.69, 9.17) is 4.74 Å². The number of aliphatic hydroxyl groups excluding tert-OH is 1. The SMILES string of the molecule is Cc1cc(C)cc(OC[C@@H](O)CN2CCN(c3ccccc3F)CC2)c1. The number of rotatable bonds is 6. The molecule has 0 amide bonds. The van der Waals surface area contributed by atoms with Crippen LogP contribution in [0.1, 0.15) is 11.1 Å². The third-order valence-electron chi connectivity index (χ3n) is 4.67. The van der Waals surface area contributed by atoms with Crippen LogP contribution in [0.5, 0.6) is 5.75 Å². The predicted molar refractivity (Wildman–Crippen MR) is 102 cm³/mol. The molecular formula is C21H27FN2O2. The van der Waals surface area contributed by atoms with E-state index in [1.54, 1.807) is 6.07 Å². The highest BCUT2D eigenvalue weighted by atomic mass is 19.1. The third-order valence-corrected chi connectivity index (χ3v) is 4.67. The molecule has 0 spiro atoms. The zero-order valence-electron chi connectivity index (χ0n) is 15.5. The quantitative estimate of drug-likeness (QED) is 0.861. The Bertz CT molecular complexity index is 709. The standard InChI is InChI=1S/C21H27FN2O2/c1-16-11-17(2)13-19(12-16)26-15-18(25)14-23-7-9-24(10-8-23)21-6-4-3-5-20(21)22/h3-6,11-13,18,25H,7-10,14-15H2,1-2H3/t18-/m0/s1. The Balaban J connectivity index is 1.44. The second-order valence-electron chi connectivity index (χ2n) is 7.03. The van der Waals surface area contributed by atoms with Gasteiger partial charge in [-0.3, -0.25) is 4.90 Å². The molecule has 3 rings (SSSR count). The van der Waals surface area contributed by atoms with Crippen molar-refractivity contribution in [1.29, 1.82) is 0 Å². The summed E-state index contributed by atoms with van der Waals surface area (Å²) < 4.78 is 19.6. The van der Waals surface area contributed by atoms with Gasteiger partial charge in [-0.15, -0.1) is 0 Å². The number of para-hydroxylation sites is 1. The van der Waals surface area contributed by atoms with E-state index < -0.39 is 6.10 Å². The van der Waals surface area contributed by atoms with Crippen molar-refractivity contribution < 1.29 is 14.2 Å². The molecule has 0 saturated carbocycles. The summed E-state index contributed by atoms with van der Waals surface area (Å²) >= 11 is 0. The van der Waals surface area contributed by atoms with Crippen LogP contribution < -0.4 is 9.64 Å². The highest BCUT2D eigenvalue weighted by Crippen LogP contribution is 2.20. The fraction of sp³-hybridized carbons (Fsp3) is 0.429. The molecular weight excluding hydrogens is 331 g/mol. The fourth-order valence-electron chi connectivity index (χ4n) is 3.44. The number of piperazine rings is 1. The third kappa shape index (κ3) is 4.96. The molecule has 0 bridgehead atoms. The summed E-state index contributed by atoms with van der Waals surface area (Å²) in [6.45, 7) is 8.02. The van der Waals surface area contributed by atoms with Gasteiger partial charge in [0, 0.05) is 32.7 Å². The van der Waals surface area contributed by atoms with Crippen molar-refractivity contribution in [3.8, 4) is 5.75 Å². The Hall–Kier alpha value is -2.11. The van der Waals surface area contributed by atoms with Gasteiger partial charge in [0.25, 0.3) is 0 Å². The summed E-state index contributed by atoms with van der Waals surface area (Å²) in [6, 6.07) is 12.9. The van der Waals surface area contributed by atoms with Crippen LogP contribution in [0.3, 0.4) is 0 Å². The van der Waals surface area contributed by atoms with E-state index in [-0.39, 0.29) is 12.4 Å². The average Bonchev–Trinajstić information content (AvgIpc) is 2.60. The number of hydrogen-bond donors (Lipinski definition) is 1. The van der Waals surface area contributed by atoms with Gasteiger partial charge in [-0.05, 0) is 49.2 Å². The molecule has 1 atom stereocenters. The van der Waals surface area contributed by atoms with Crippen molar-refractivity contribution in [1.82, 2.24) is 4.90 Å². The predicted octanol–water partition coefficient (Wildman–Crippen LogP) is 3.00. The number of aliphatic hydroxyl groups is 1. The first-order valence-corrected chi connectivity index (χ1v) is 9.12. The smallest absolute Gasteiger partial charge is 0.146 e. The van der Waals surface area contributed by atoms with Gasteiger partial charge in [0.05, 0.1) is 5.69 Å². The van der Waals surface area contributed by atoms with E-state index >= 15 is 0 Å². The molecule has 1 fully saturated rings. The highest BCUT2D eigenvalue weighted by molar-refractivity contribution is 5.48. The second kappa shape index (κ2) is 8.52. The first kappa shape index (κ1) is 18.7. The number of aryl methyl sites for hydroxylation is 2. The Morgan fingerprint density at radius 3 is 2.35 bits per heavy atom. The molecule has 0 aliphatic carbocycles. The van der Waals surface area contributed by atoms with Crippen LogP contribution in [0, 0.1) is 19.7 Å². The normalized spacial score (nSPS) is 16.5. The van der Waals surface area contributed by atoms with Gasteiger partial charge in [0.2, 0.25) is 0 Å². The number of halogens is 1. The molecule has 2 aromatic carbocycles. The van der Waals surface area contributed by atoms with Gasteiger partial charge in [0.15, 0.2) is 0 Å². The van der Waals surface area contributed by atoms with Crippen LogP contribution in [0.2, 0.25) is 0 Å². The Labute approximate surface area is 154 Å². The lowest BCUT2D eigenvalue weighted by molar-refractivity contribution is 0.0662.